The lowest BCUT2D eigenvalue weighted by atomic mass is 10.2. The van der Waals surface area contributed by atoms with Crippen molar-refractivity contribution in [2.24, 2.45) is 0 Å². The van der Waals surface area contributed by atoms with Crippen molar-refractivity contribution in [3.05, 3.63) is 34.2 Å². The molecule has 2 aromatic rings. The summed E-state index contributed by atoms with van der Waals surface area (Å²) in [6.07, 6.45) is 1.85. The lowest BCUT2D eigenvalue weighted by Crippen LogP contribution is -2.21. The second-order valence-corrected chi connectivity index (χ2v) is 4.29. The number of hydrogen-bond acceptors (Lipinski definition) is 2. The Morgan fingerprint density at radius 2 is 2.38 bits per heavy atom. The Kier molecular flexibility index (Phi) is 2.11. The lowest BCUT2D eigenvalue weighted by Gasteiger charge is -2.11. The van der Waals surface area contributed by atoms with E-state index in [1.54, 1.807) is 4.57 Å². The van der Waals surface area contributed by atoms with Gasteiger partial charge in [-0.3, -0.25) is 4.57 Å². The van der Waals surface area contributed by atoms with Gasteiger partial charge in [0.2, 0.25) is 0 Å². The summed E-state index contributed by atoms with van der Waals surface area (Å²) in [4.78, 5) is 14.7. The second-order valence-electron chi connectivity index (χ2n) is 4.29. The van der Waals surface area contributed by atoms with Crippen LogP contribution in [0.2, 0.25) is 0 Å². The highest BCUT2D eigenvalue weighted by molar-refractivity contribution is 5.76. The average Bonchev–Trinajstić information content (AvgIpc) is 2.83. The third-order valence-electron chi connectivity index (χ3n) is 3.07. The van der Waals surface area contributed by atoms with E-state index in [4.69, 9.17) is 4.74 Å². The molecule has 1 fully saturated rings. The maximum Gasteiger partial charge on any atom is 0.328 e. The molecule has 1 aromatic heterocycles. The Balaban J connectivity index is 2.25. The van der Waals surface area contributed by atoms with Gasteiger partial charge in [-0.25, -0.2) is 4.79 Å². The first-order valence-electron chi connectivity index (χ1n) is 5.58. The highest BCUT2D eigenvalue weighted by atomic mass is 16.5. The zero-order chi connectivity index (χ0) is 11.1. The Bertz CT molecular complexity index is 576. The molecule has 3 rings (SSSR count). The van der Waals surface area contributed by atoms with E-state index in [-0.39, 0.29) is 11.9 Å². The highest BCUT2D eigenvalue weighted by Gasteiger charge is 2.21. The Morgan fingerprint density at radius 3 is 3.12 bits per heavy atom. The van der Waals surface area contributed by atoms with Crippen LogP contribution in [0.1, 0.15) is 24.6 Å². The Labute approximate surface area is 92.8 Å². The predicted molar refractivity (Wildman–Crippen MR) is 61.5 cm³/mol. The third kappa shape index (κ3) is 1.38. The van der Waals surface area contributed by atoms with Gasteiger partial charge in [-0.1, -0.05) is 6.07 Å². The topological polar surface area (TPSA) is 47.0 Å². The molecule has 1 aliphatic heterocycles. The van der Waals surface area contributed by atoms with Crippen molar-refractivity contribution in [3.63, 3.8) is 0 Å². The molecule has 0 aliphatic carbocycles. The maximum absolute atomic E-state index is 11.9. The minimum Gasteiger partial charge on any atom is -0.358 e. The molecule has 4 heteroatoms. The van der Waals surface area contributed by atoms with Gasteiger partial charge in [0.25, 0.3) is 0 Å². The number of rotatable bonds is 1. The molecule has 0 saturated carbocycles. The second kappa shape index (κ2) is 3.49. The van der Waals surface area contributed by atoms with Gasteiger partial charge in [0.15, 0.2) is 0 Å². The lowest BCUT2D eigenvalue weighted by molar-refractivity contribution is 0.0573. The van der Waals surface area contributed by atoms with Crippen LogP contribution in [-0.2, 0) is 4.74 Å². The van der Waals surface area contributed by atoms with Gasteiger partial charge in [0.1, 0.15) is 6.23 Å². The molecule has 4 nitrogen and oxygen atoms in total. The first kappa shape index (κ1) is 9.66. The van der Waals surface area contributed by atoms with Crippen molar-refractivity contribution in [1.29, 1.82) is 0 Å². The molecule has 0 radical (unpaired) electrons. The molecule has 2 heterocycles. The molecule has 1 atom stereocenters. The summed E-state index contributed by atoms with van der Waals surface area (Å²) in [5, 5.41) is 0. The number of aromatic amines is 1. The van der Waals surface area contributed by atoms with Crippen molar-refractivity contribution < 1.29 is 4.74 Å². The smallest absolute Gasteiger partial charge is 0.328 e. The van der Waals surface area contributed by atoms with Crippen molar-refractivity contribution in [1.82, 2.24) is 9.55 Å². The molecule has 1 N–H and O–H groups in total. The molecule has 1 saturated heterocycles. The number of nitrogens with zero attached hydrogens (tertiary/aromatic N) is 1. The number of ether oxygens (including phenoxy) is 1. The van der Waals surface area contributed by atoms with Crippen LogP contribution in [0, 0.1) is 6.92 Å². The minimum atomic E-state index is -0.0944. The number of fused-ring (bicyclic) bond motifs is 1. The van der Waals surface area contributed by atoms with Crippen LogP contribution in [0.4, 0.5) is 0 Å². The molecular formula is C12H14N2O2. The summed E-state index contributed by atoms with van der Waals surface area (Å²) < 4.78 is 7.30. The normalized spacial score (nSPS) is 20.7. The van der Waals surface area contributed by atoms with E-state index < -0.39 is 0 Å². The first-order valence-corrected chi connectivity index (χ1v) is 5.58. The Hall–Kier alpha value is -1.55. The van der Waals surface area contributed by atoms with Crippen LogP contribution in [0.25, 0.3) is 11.0 Å². The van der Waals surface area contributed by atoms with Crippen LogP contribution in [-0.4, -0.2) is 16.2 Å². The molecule has 0 amide bonds. The molecule has 16 heavy (non-hydrogen) atoms. The number of aromatic nitrogens is 2. The number of hydrogen-bond donors (Lipinski definition) is 1. The van der Waals surface area contributed by atoms with E-state index in [9.17, 15) is 4.79 Å². The van der Waals surface area contributed by atoms with Gasteiger partial charge in [-0.15, -0.1) is 0 Å². The predicted octanol–water partition coefficient (Wildman–Crippen LogP) is 1.95. The van der Waals surface area contributed by atoms with Gasteiger partial charge in [0.05, 0.1) is 11.0 Å². The largest absolute Gasteiger partial charge is 0.358 e. The first-order chi connectivity index (χ1) is 7.75. The van der Waals surface area contributed by atoms with Crippen LogP contribution in [0.15, 0.2) is 23.0 Å². The summed E-state index contributed by atoms with van der Waals surface area (Å²) in [6, 6.07) is 5.96. The minimum absolute atomic E-state index is 0.0764. The molecule has 0 bridgehead atoms. The van der Waals surface area contributed by atoms with E-state index in [0.717, 1.165) is 36.0 Å². The zero-order valence-corrected chi connectivity index (χ0v) is 9.19. The van der Waals surface area contributed by atoms with Crippen LogP contribution < -0.4 is 5.69 Å². The summed E-state index contributed by atoms with van der Waals surface area (Å²) in [7, 11) is 0. The van der Waals surface area contributed by atoms with E-state index >= 15 is 0 Å². The number of aryl methyl sites for hydroxylation is 1. The Morgan fingerprint density at radius 1 is 1.50 bits per heavy atom. The van der Waals surface area contributed by atoms with Gasteiger partial charge in [-0.2, -0.15) is 0 Å². The molecule has 1 aliphatic rings. The average molecular weight is 218 g/mol. The highest BCUT2D eigenvalue weighted by Crippen LogP contribution is 2.25. The van der Waals surface area contributed by atoms with Gasteiger partial charge < -0.3 is 9.72 Å². The fourth-order valence-electron chi connectivity index (χ4n) is 2.28. The molecule has 0 spiro atoms. The quantitative estimate of drug-likeness (QED) is 0.795. The summed E-state index contributed by atoms with van der Waals surface area (Å²) >= 11 is 0. The van der Waals surface area contributed by atoms with E-state index in [1.807, 2.05) is 25.1 Å². The number of benzene rings is 1. The van der Waals surface area contributed by atoms with Crippen molar-refractivity contribution in [3.8, 4) is 0 Å². The SMILES string of the molecule is Cc1ccc2[nH]c(=O)n(C3CCCO3)c2c1. The van der Waals surface area contributed by atoms with Gasteiger partial charge >= 0.3 is 5.69 Å². The molecule has 1 unspecified atom stereocenters. The maximum atomic E-state index is 11.9. The summed E-state index contributed by atoms with van der Waals surface area (Å²) in [5.41, 5.74) is 2.90. The fraction of sp³-hybridized carbons (Fsp3) is 0.417. The third-order valence-corrected chi connectivity index (χ3v) is 3.07. The van der Waals surface area contributed by atoms with E-state index in [1.165, 1.54) is 0 Å². The standard InChI is InChI=1S/C12H14N2O2/c1-8-4-5-9-10(7-8)14(12(15)13-9)11-3-2-6-16-11/h4-5,7,11H,2-3,6H2,1H3,(H,13,15). The molecule has 1 aromatic carbocycles. The van der Waals surface area contributed by atoms with Crippen molar-refractivity contribution in [2.45, 2.75) is 26.0 Å². The summed E-state index contributed by atoms with van der Waals surface area (Å²) in [6.45, 7) is 2.77. The van der Waals surface area contributed by atoms with E-state index in [0.29, 0.717) is 0 Å². The van der Waals surface area contributed by atoms with Gasteiger partial charge in [-0.05, 0) is 37.5 Å². The monoisotopic (exact) mass is 218 g/mol. The van der Waals surface area contributed by atoms with Crippen molar-refractivity contribution in [2.75, 3.05) is 6.61 Å². The van der Waals surface area contributed by atoms with Crippen LogP contribution in [0.3, 0.4) is 0 Å². The van der Waals surface area contributed by atoms with Crippen LogP contribution in [0.5, 0.6) is 0 Å². The van der Waals surface area contributed by atoms with Crippen LogP contribution >= 0.6 is 0 Å². The fourth-order valence-corrected chi connectivity index (χ4v) is 2.28. The van der Waals surface area contributed by atoms with E-state index in [2.05, 4.69) is 4.98 Å². The van der Waals surface area contributed by atoms with Gasteiger partial charge in [0, 0.05) is 6.61 Å². The van der Waals surface area contributed by atoms with Crippen molar-refractivity contribution >= 4 is 11.0 Å². The number of nitrogens with one attached hydrogen (secondary N) is 1. The molecule has 84 valence electrons. The number of imidazole rings is 1. The summed E-state index contributed by atoms with van der Waals surface area (Å²) in [5.74, 6) is 0. The number of H-pyrrole nitrogens is 1. The molecular weight excluding hydrogens is 204 g/mol. The zero-order valence-electron chi connectivity index (χ0n) is 9.19.